The van der Waals surface area contributed by atoms with Gasteiger partial charge in [-0.05, 0) is 5.92 Å². The monoisotopic (exact) mass is 346 g/mol. The number of hydrogen-bond donors (Lipinski definition) is 0. The highest BCUT2D eigenvalue weighted by Gasteiger charge is 2.41. The van der Waals surface area contributed by atoms with Gasteiger partial charge in [-0.1, -0.05) is 38.2 Å². The van der Waals surface area contributed by atoms with Crippen molar-refractivity contribution in [3.8, 4) is 0 Å². The van der Waals surface area contributed by atoms with Crippen LogP contribution in [0.15, 0.2) is 12.7 Å². The van der Waals surface area contributed by atoms with Crippen LogP contribution in [-0.2, 0) is 22.4 Å². The molecule has 2 saturated heterocycles. The van der Waals surface area contributed by atoms with Crippen molar-refractivity contribution < 1.29 is 9.47 Å². The first kappa shape index (κ1) is 17.0. The van der Waals surface area contributed by atoms with E-state index in [0.717, 1.165) is 63.4 Å². The smallest absolute Gasteiger partial charge is 0.227 e. The van der Waals surface area contributed by atoms with Crippen LogP contribution in [0.2, 0.25) is 0 Å². The Balaban J connectivity index is 1.53. The second-order valence-corrected chi connectivity index (χ2v) is 7.78. The minimum atomic E-state index is -0.160. The zero-order valence-electron chi connectivity index (χ0n) is 15.2. The van der Waals surface area contributed by atoms with E-state index in [1.165, 1.54) is 32.1 Å². The van der Waals surface area contributed by atoms with E-state index in [1.54, 1.807) is 0 Å². The van der Waals surface area contributed by atoms with E-state index in [4.69, 9.17) is 9.47 Å². The minimum Gasteiger partial charge on any atom is -0.378 e. The average molecular weight is 346 g/mol. The van der Waals surface area contributed by atoms with Crippen molar-refractivity contribution in [2.45, 2.75) is 57.1 Å². The summed E-state index contributed by atoms with van der Waals surface area (Å²) in [5.74, 6) is 2.85. The van der Waals surface area contributed by atoms with E-state index < -0.39 is 0 Å². The molecule has 0 bridgehead atoms. The van der Waals surface area contributed by atoms with Crippen molar-refractivity contribution in [2.24, 2.45) is 5.92 Å². The van der Waals surface area contributed by atoms with E-state index in [1.807, 2.05) is 6.08 Å². The molecule has 0 aromatic carbocycles. The molecule has 3 fully saturated rings. The Morgan fingerprint density at radius 1 is 1.20 bits per heavy atom. The van der Waals surface area contributed by atoms with Gasteiger partial charge >= 0.3 is 0 Å². The lowest BCUT2D eigenvalue weighted by Gasteiger charge is -2.39. The lowest BCUT2D eigenvalue weighted by atomic mass is 9.87. The highest BCUT2D eigenvalue weighted by atomic mass is 16.6. The van der Waals surface area contributed by atoms with Crippen molar-refractivity contribution in [1.29, 1.82) is 0 Å². The van der Waals surface area contributed by atoms with Crippen LogP contribution in [-0.4, -0.2) is 53.3 Å². The van der Waals surface area contributed by atoms with Gasteiger partial charge in [0, 0.05) is 32.5 Å². The zero-order chi connectivity index (χ0) is 17.1. The summed E-state index contributed by atoms with van der Waals surface area (Å²) in [5.41, 5.74) is -0.160. The summed E-state index contributed by atoms with van der Waals surface area (Å²) in [5, 5.41) is 9.14. The van der Waals surface area contributed by atoms with Crippen molar-refractivity contribution >= 4 is 5.95 Å². The number of morpholine rings is 1. The number of anilines is 1. The molecule has 4 rings (SSSR count). The Morgan fingerprint density at radius 2 is 2.08 bits per heavy atom. The molecule has 1 atom stereocenters. The van der Waals surface area contributed by atoms with Gasteiger partial charge in [-0.2, -0.15) is 0 Å². The van der Waals surface area contributed by atoms with Gasteiger partial charge < -0.3 is 14.4 Å². The number of aromatic nitrogens is 3. The molecular weight excluding hydrogens is 316 g/mol. The highest BCUT2D eigenvalue weighted by Crippen LogP contribution is 2.31. The summed E-state index contributed by atoms with van der Waals surface area (Å²) in [6, 6.07) is 0. The maximum Gasteiger partial charge on any atom is 0.227 e. The predicted molar refractivity (Wildman–Crippen MR) is 96.8 cm³/mol. The Kier molecular flexibility index (Phi) is 5.08. The molecule has 3 heterocycles. The van der Waals surface area contributed by atoms with Gasteiger partial charge in [0.1, 0.15) is 11.4 Å². The zero-order valence-corrected chi connectivity index (χ0v) is 15.2. The average Bonchev–Trinajstić information content (AvgIpc) is 3.24. The Hall–Kier alpha value is -1.40. The van der Waals surface area contributed by atoms with Crippen molar-refractivity contribution in [1.82, 2.24) is 14.8 Å². The summed E-state index contributed by atoms with van der Waals surface area (Å²) in [7, 11) is 0. The molecule has 138 valence electrons. The molecule has 1 aliphatic carbocycles. The molecule has 0 unspecified atom stereocenters. The Bertz CT molecular complexity index is 588. The van der Waals surface area contributed by atoms with E-state index in [-0.39, 0.29) is 5.60 Å². The molecule has 0 radical (unpaired) electrons. The van der Waals surface area contributed by atoms with E-state index in [0.29, 0.717) is 6.61 Å². The van der Waals surface area contributed by atoms with E-state index in [9.17, 15) is 0 Å². The first-order chi connectivity index (χ1) is 12.3. The molecule has 1 aromatic rings. The first-order valence-electron chi connectivity index (χ1n) is 9.79. The first-order valence-corrected chi connectivity index (χ1v) is 9.79. The van der Waals surface area contributed by atoms with Gasteiger partial charge in [-0.3, -0.25) is 4.57 Å². The molecule has 1 saturated carbocycles. The van der Waals surface area contributed by atoms with E-state index in [2.05, 4.69) is 26.2 Å². The molecule has 3 aliphatic rings. The molecule has 1 aromatic heterocycles. The molecule has 1 spiro atoms. The van der Waals surface area contributed by atoms with Gasteiger partial charge in [-0.25, -0.2) is 0 Å². The fourth-order valence-electron chi connectivity index (χ4n) is 4.52. The largest absolute Gasteiger partial charge is 0.378 e. The van der Waals surface area contributed by atoms with Crippen molar-refractivity contribution in [3.63, 3.8) is 0 Å². The molecule has 6 heteroatoms. The van der Waals surface area contributed by atoms with Crippen LogP contribution in [0.3, 0.4) is 0 Å². The third kappa shape index (κ3) is 3.60. The summed E-state index contributed by atoms with van der Waals surface area (Å²) in [6.45, 7) is 8.62. The van der Waals surface area contributed by atoms with Crippen LogP contribution in [0.25, 0.3) is 0 Å². The van der Waals surface area contributed by atoms with E-state index >= 15 is 0 Å². The quantitative estimate of drug-likeness (QED) is 0.767. The van der Waals surface area contributed by atoms with Crippen molar-refractivity contribution in [2.75, 3.05) is 37.8 Å². The van der Waals surface area contributed by atoms with Crippen LogP contribution in [0, 0.1) is 5.92 Å². The van der Waals surface area contributed by atoms with Gasteiger partial charge in [-0.15, -0.1) is 16.8 Å². The fraction of sp³-hybridized carbons (Fsp3) is 0.789. The summed E-state index contributed by atoms with van der Waals surface area (Å²) >= 11 is 0. The number of nitrogens with zero attached hydrogens (tertiary/aromatic N) is 4. The Morgan fingerprint density at radius 3 is 2.84 bits per heavy atom. The topological polar surface area (TPSA) is 52.4 Å². The number of ether oxygens (including phenoxy) is 2. The van der Waals surface area contributed by atoms with Gasteiger partial charge in [0.05, 0.1) is 19.8 Å². The van der Waals surface area contributed by atoms with Gasteiger partial charge in [0.25, 0.3) is 0 Å². The van der Waals surface area contributed by atoms with Gasteiger partial charge in [0.2, 0.25) is 5.95 Å². The Labute approximate surface area is 150 Å². The maximum atomic E-state index is 6.06. The number of rotatable bonds is 5. The SMILES string of the molecule is C=CCn1c(CC2CCCCC2)nnc1N1CCO[C@@]2(CCOC2)C1. The third-order valence-corrected chi connectivity index (χ3v) is 5.91. The van der Waals surface area contributed by atoms with Gasteiger partial charge in [0.15, 0.2) is 0 Å². The highest BCUT2D eigenvalue weighted by molar-refractivity contribution is 5.34. The maximum absolute atomic E-state index is 6.06. The normalized spacial score (nSPS) is 27.9. The molecule has 0 amide bonds. The third-order valence-electron chi connectivity index (χ3n) is 5.91. The van der Waals surface area contributed by atoms with Crippen LogP contribution >= 0.6 is 0 Å². The minimum absolute atomic E-state index is 0.160. The second kappa shape index (κ2) is 7.46. The summed E-state index contributed by atoms with van der Waals surface area (Å²) in [6.07, 6.45) is 10.7. The lowest BCUT2D eigenvalue weighted by Crippen LogP contribution is -2.53. The standard InChI is InChI=1S/C19H30N4O2/c1-2-9-23-17(13-16-6-4-3-5-7-16)20-21-18(23)22-10-12-25-19(14-22)8-11-24-15-19/h2,16H,1,3-15H2/t19-/m0/s1. The molecule has 6 nitrogen and oxygen atoms in total. The van der Waals surface area contributed by atoms with Crippen LogP contribution in [0.4, 0.5) is 5.95 Å². The molecule has 2 aliphatic heterocycles. The van der Waals surface area contributed by atoms with Crippen molar-refractivity contribution in [3.05, 3.63) is 18.5 Å². The second-order valence-electron chi connectivity index (χ2n) is 7.78. The van der Waals surface area contributed by atoms with Crippen LogP contribution in [0.5, 0.6) is 0 Å². The number of hydrogen-bond acceptors (Lipinski definition) is 5. The fourth-order valence-corrected chi connectivity index (χ4v) is 4.52. The lowest BCUT2D eigenvalue weighted by molar-refractivity contribution is -0.0584. The van der Waals surface area contributed by atoms with Crippen LogP contribution < -0.4 is 4.90 Å². The molecule has 25 heavy (non-hydrogen) atoms. The summed E-state index contributed by atoms with van der Waals surface area (Å²) in [4.78, 5) is 2.33. The summed E-state index contributed by atoms with van der Waals surface area (Å²) < 4.78 is 13.9. The predicted octanol–water partition coefficient (Wildman–Crippen LogP) is 2.58. The number of allylic oxidation sites excluding steroid dienone is 1. The molecular formula is C19H30N4O2. The molecule has 0 N–H and O–H groups in total. The van der Waals surface area contributed by atoms with Crippen LogP contribution in [0.1, 0.15) is 44.3 Å².